The van der Waals surface area contributed by atoms with Gasteiger partial charge in [-0.2, -0.15) is 0 Å². The van der Waals surface area contributed by atoms with Crippen molar-refractivity contribution in [1.29, 1.82) is 0 Å². The van der Waals surface area contributed by atoms with Gasteiger partial charge in [-0.3, -0.25) is 4.79 Å². The van der Waals surface area contributed by atoms with Crippen LogP contribution in [0.3, 0.4) is 0 Å². The van der Waals surface area contributed by atoms with Crippen LogP contribution >= 0.6 is 15.9 Å². The van der Waals surface area contributed by atoms with Gasteiger partial charge in [0.05, 0.1) is 0 Å². The number of nitrogens with zero attached hydrogens (tertiary/aromatic N) is 1. The molecule has 19 heavy (non-hydrogen) atoms. The molecule has 4 nitrogen and oxygen atoms in total. The third kappa shape index (κ3) is 3.83. The van der Waals surface area contributed by atoms with E-state index in [9.17, 15) is 4.79 Å². The maximum Gasteiger partial charge on any atom is 0.270 e. The van der Waals surface area contributed by atoms with Crippen LogP contribution in [0.1, 0.15) is 43.6 Å². The van der Waals surface area contributed by atoms with E-state index in [1.165, 1.54) is 12.8 Å². The Morgan fingerprint density at radius 1 is 1.53 bits per heavy atom. The van der Waals surface area contributed by atoms with Crippen molar-refractivity contribution in [2.45, 2.75) is 45.2 Å². The molecule has 1 fully saturated rings. The van der Waals surface area contributed by atoms with Crippen LogP contribution in [0, 0.1) is 0 Å². The Bertz CT molecular complexity index is 424. The number of nitrogens with one attached hydrogen (secondary N) is 2. The first-order chi connectivity index (χ1) is 9.08. The molecule has 1 aromatic heterocycles. The maximum absolute atomic E-state index is 12.5. The van der Waals surface area contributed by atoms with Crippen LogP contribution in [0.2, 0.25) is 0 Å². The van der Waals surface area contributed by atoms with Gasteiger partial charge in [0, 0.05) is 29.3 Å². The minimum Gasteiger partial charge on any atom is -0.356 e. The number of aromatic amines is 1. The molecule has 0 aromatic carbocycles. The van der Waals surface area contributed by atoms with Gasteiger partial charge in [0.1, 0.15) is 5.69 Å². The summed E-state index contributed by atoms with van der Waals surface area (Å²) in [6, 6.07) is 2.48. The first-order valence-corrected chi connectivity index (χ1v) is 7.75. The lowest BCUT2D eigenvalue weighted by molar-refractivity contribution is 0.0671. The largest absolute Gasteiger partial charge is 0.356 e. The summed E-state index contributed by atoms with van der Waals surface area (Å²) in [5, 5.41) is 3.50. The van der Waals surface area contributed by atoms with Gasteiger partial charge in [-0.05, 0) is 55.2 Å². The standard InChI is InChI=1S/C14H22BrN3O/c1-10(2)18(9-12-5-3-4-6-16-12)14(19)13-7-11(15)8-17-13/h7-8,10,12,16-17H,3-6,9H2,1-2H3. The van der Waals surface area contributed by atoms with E-state index < -0.39 is 0 Å². The maximum atomic E-state index is 12.5. The summed E-state index contributed by atoms with van der Waals surface area (Å²) in [4.78, 5) is 17.5. The number of hydrogen-bond donors (Lipinski definition) is 2. The van der Waals surface area contributed by atoms with E-state index in [1.807, 2.05) is 11.0 Å². The molecule has 1 saturated heterocycles. The van der Waals surface area contributed by atoms with Crippen LogP contribution in [-0.4, -0.2) is 41.0 Å². The number of amides is 1. The van der Waals surface area contributed by atoms with Crippen LogP contribution in [0.4, 0.5) is 0 Å². The number of aromatic nitrogens is 1. The molecule has 0 saturated carbocycles. The van der Waals surface area contributed by atoms with E-state index >= 15 is 0 Å². The predicted octanol–water partition coefficient (Wildman–Crippen LogP) is 2.77. The second-order valence-corrected chi connectivity index (χ2v) is 6.35. The minimum atomic E-state index is 0.0769. The zero-order valence-electron chi connectivity index (χ0n) is 11.6. The zero-order valence-corrected chi connectivity index (χ0v) is 13.2. The molecular formula is C14H22BrN3O. The third-order valence-corrected chi connectivity index (χ3v) is 4.05. The normalized spacial score (nSPS) is 19.7. The summed E-state index contributed by atoms with van der Waals surface area (Å²) < 4.78 is 0.912. The van der Waals surface area contributed by atoms with Crippen molar-refractivity contribution >= 4 is 21.8 Å². The number of H-pyrrole nitrogens is 1. The molecule has 1 aliphatic heterocycles. The number of carbonyl (C=O) groups is 1. The van der Waals surface area contributed by atoms with Gasteiger partial charge in [-0.1, -0.05) is 6.42 Å². The smallest absolute Gasteiger partial charge is 0.270 e. The Hall–Kier alpha value is -0.810. The van der Waals surface area contributed by atoms with Crippen molar-refractivity contribution in [3.05, 3.63) is 22.4 Å². The fraction of sp³-hybridized carbons (Fsp3) is 0.643. The van der Waals surface area contributed by atoms with E-state index in [0.29, 0.717) is 11.7 Å². The van der Waals surface area contributed by atoms with Gasteiger partial charge in [0.25, 0.3) is 5.91 Å². The Labute approximate surface area is 123 Å². The van der Waals surface area contributed by atoms with Crippen molar-refractivity contribution < 1.29 is 4.79 Å². The molecule has 2 N–H and O–H groups in total. The molecule has 1 aromatic rings. The van der Waals surface area contributed by atoms with Gasteiger partial charge >= 0.3 is 0 Å². The highest BCUT2D eigenvalue weighted by atomic mass is 79.9. The third-order valence-electron chi connectivity index (χ3n) is 3.59. The fourth-order valence-electron chi connectivity index (χ4n) is 2.49. The summed E-state index contributed by atoms with van der Waals surface area (Å²) >= 11 is 3.37. The van der Waals surface area contributed by atoms with Gasteiger partial charge in [0.2, 0.25) is 0 Å². The highest BCUT2D eigenvalue weighted by molar-refractivity contribution is 9.10. The van der Waals surface area contributed by atoms with Crippen molar-refractivity contribution in [3.8, 4) is 0 Å². The molecular weight excluding hydrogens is 306 g/mol. The van der Waals surface area contributed by atoms with Crippen LogP contribution in [0.15, 0.2) is 16.7 Å². The van der Waals surface area contributed by atoms with E-state index in [2.05, 4.69) is 40.1 Å². The van der Waals surface area contributed by atoms with Crippen LogP contribution in [-0.2, 0) is 0 Å². The molecule has 1 unspecified atom stereocenters. The number of halogens is 1. The molecule has 106 valence electrons. The van der Waals surface area contributed by atoms with Gasteiger partial charge in [0.15, 0.2) is 0 Å². The van der Waals surface area contributed by atoms with E-state index in [0.717, 1.165) is 24.0 Å². The predicted molar refractivity (Wildman–Crippen MR) is 80.3 cm³/mol. The average molecular weight is 328 g/mol. The quantitative estimate of drug-likeness (QED) is 0.893. The van der Waals surface area contributed by atoms with Crippen molar-refractivity contribution in [2.75, 3.05) is 13.1 Å². The number of carbonyl (C=O) groups excluding carboxylic acids is 1. The first kappa shape index (κ1) is 14.6. The highest BCUT2D eigenvalue weighted by Gasteiger charge is 2.24. The summed E-state index contributed by atoms with van der Waals surface area (Å²) in [5.41, 5.74) is 0.649. The fourth-order valence-corrected chi connectivity index (χ4v) is 2.83. The topological polar surface area (TPSA) is 48.1 Å². The van der Waals surface area contributed by atoms with E-state index in [-0.39, 0.29) is 11.9 Å². The van der Waals surface area contributed by atoms with Crippen molar-refractivity contribution in [3.63, 3.8) is 0 Å². The van der Waals surface area contributed by atoms with Gasteiger partial charge in [-0.25, -0.2) is 0 Å². The Kier molecular flexibility index (Phi) is 5.05. The van der Waals surface area contributed by atoms with Gasteiger partial charge in [-0.15, -0.1) is 0 Å². The lowest BCUT2D eigenvalue weighted by Gasteiger charge is -2.33. The van der Waals surface area contributed by atoms with Crippen LogP contribution in [0.25, 0.3) is 0 Å². The number of hydrogen-bond acceptors (Lipinski definition) is 2. The summed E-state index contributed by atoms with van der Waals surface area (Å²) in [5.74, 6) is 0.0769. The molecule has 1 aliphatic rings. The lowest BCUT2D eigenvalue weighted by atomic mass is 10.0. The number of piperidine rings is 1. The molecule has 1 amide bonds. The van der Waals surface area contributed by atoms with Crippen molar-refractivity contribution in [2.24, 2.45) is 0 Å². The minimum absolute atomic E-state index is 0.0769. The van der Waals surface area contributed by atoms with E-state index in [1.54, 1.807) is 6.20 Å². The summed E-state index contributed by atoms with van der Waals surface area (Å²) in [6.07, 6.45) is 5.46. The number of rotatable bonds is 4. The molecule has 0 radical (unpaired) electrons. The molecule has 2 heterocycles. The average Bonchev–Trinajstić information content (AvgIpc) is 2.83. The second-order valence-electron chi connectivity index (χ2n) is 5.43. The van der Waals surface area contributed by atoms with Crippen LogP contribution < -0.4 is 5.32 Å². The SMILES string of the molecule is CC(C)N(CC1CCCCN1)C(=O)c1cc(Br)c[nH]1. The first-order valence-electron chi connectivity index (χ1n) is 6.96. The second kappa shape index (κ2) is 6.57. The monoisotopic (exact) mass is 327 g/mol. The Morgan fingerprint density at radius 2 is 2.32 bits per heavy atom. The molecule has 0 aliphatic carbocycles. The molecule has 1 atom stereocenters. The van der Waals surface area contributed by atoms with Crippen molar-refractivity contribution in [1.82, 2.24) is 15.2 Å². The lowest BCUT2D eigenvalue weighted by Crippen LogP contribution is -2.48. The molecule has 2 rings (SSSR count). The molecule has 0 spiro atoms. The Balaban J connectivity index is 2.04. The zero-order chi connectivity index (χ0) is 13.8. The summed E-state index contributed by atoms with van der Waals surface area (Å²) in [6.45, 7) is 5.99. The highest BCUT2D eigenvalue weighted by Crippen LogP contribution is 2.16. The molecule has 0 bridgehead atoms. The van der Waals surface area contributed by atoms with Gasteiger partial charge < -0.3 is 15.2 Å². The molecule has 5 heteroatoms. The van der Waals surface area contributed by atoms with Crippen LogP contribution in [0.5, 0.6) is 0 Å². The summed E-state index contributed by atoms with van der Waals surface area (Å²) in [7, 11) is 0. The van der Waals surface area contributed by atoms with E-state index in [4.69, 9.17) is 0 Å². The Morgan fingerprint density at radius 3 is 2.84 bits per heavy atom.